The molecule has 0 saturated carbocycles. The van der Waals surface area contributed by atoms with Crippen molar-refractivity contribution < 1.29 is 4.39 Å². The van der Waals surface area contributed by atoms with E-state index in [9.17, 15) is 4.39 Å². The smallest absolute Gasteiger partial charge is 0.123 e. The molecule has 0 spiro atoms. The lowest BCUT2D eigenvalue weighted by atomic mass is 10.0. The highest BCUT2D eigenvalue weighted by Crippen LogP contribution is 2.17. The molecule has 0 fully saturated rings. The fourth-order valence-electron chi connectivity index (χ4n) is 1.25. The average molecular weight is 152 g/mol. The van der Waals surface area contributed by atoms with Crippen molar-refractivity contribution >= 4 is 0 Å². The van der Waals surface area contributed by atoms with Crippen LogP contribution >= 0.6 is 0 Å². The summed E-state index contributed by atoms with van der Waals surface area (Å²) in [7, 11) is 0. The van der Waals surface area contributed by atoms with E-state index in [1.54, 1.807) is 12.2 Å². The van der Waals surface area contributed by atoms with E-state index < -0.39 is 0 Å². The molecule has 1 heterocycles. The lowest BCUT2D eigenvalue weighted by Crippen LogP contribution is -2.44. The molecular weight excluding hydrogens is 143 g/mol. The number of hydrogen-bond acceptors (Lipinski definition) is 2. The zero-order chi connectivity index (χ0) is 7.68. The topological polar surface area (TPSA) is 24.1 Å². The Morgan fingerprint density at radius 3 is 3.36 bits per heavy atom. The fourth-order valence-corrected chi connectivity index (χ4v) is 1.25. The van der Waals surface area contributed by atoms with Gasteiger partial charge in [-0.2, -0.15) is 0 Å². The second-order valence-electron chi connectivity index (χ2n) is 2.60. The van der Waals surface area contributed by atoms with E-state index >= 15 is 0 Å². The summed E-state index contributed by atoms with van der Waals surface area (Å²) in [5.74, 6) is -0.170. The fraction of sp³-hybridized carbons (Fsp3) is 0.250. The van der Waals surface area contributed by atoms with Gasteiger partial charge in [-0.05, 0) is 17.7 Å². The third-order valence-corrected chi connectivity index (χ3v) is 1.81. The average Bonchev–Trinajstić information content (AvgIpc) is 2.04. The molecule has 2 aliphatic rings. The van der Waals surface area contributed by atoms with Crippen molar-refractivity contribution in [3.05, 3.63) is 35.7 Å². The normalized spacial score (nSPS) is 29.0. The molecule has 3 heteroatoms. The summed E-state index contributed by atoms with van der Waals surface area (Å²) < 4.78 is 12.6. The second kappa shape index (κ2) is 2.60. The lowest BCUT2D eigenvalue weighted by molar-refractivity contribution is 0.514. The Bertz CT molecular complexity index is 253. The quantitative estimate of drug-likeness (QED) is 0.536. The Balaban J connectivity index is 2.29. The number of halogens is 1. The third kappa shape index (κ3) is 1.25. The van der Waals surface area contributed by atoms with Crippen LogP contribution in [0, 0.1) is 0 Å². The van der Waals surface area contributed by atoms with Gasteiger partial charge in [0.1, 0.15) is 5.83 Å². The van der Waals surface area contributed by atoms with Crippen molar-refractivity contribution in [1.82, 2.24) is 10.9 Å². The molecule has 0 aromatic heterocycles. The van der Waals surface area contributed by atoms with Gasteiger partial charge in [0.05, 0.1) is 6.04 Å². The Kier molecular flexibility index (Phi) is 1.60. The monoisotopic (exact) mass is 152 g/mol. The van der Waals surface area contributed by atoms with E-state index in [1.165, 1.54) is 6.08 Å². The Morgan fingerprint density at radius 2 is 2.45 bits per heavy atom. The van der Waals surface area contributed by atoms with Crippen LogP contribution in [0.15, 0.2) is 35.7 Å². The van der Waals surface area contributed by atoms with Crippen LogP contribution in [0.5, 0.6) is 0 Å². The Labute approximate surface area is 64.4 Å². The zero-order valence-electron chi connectivity index (χ0n) is 5.97. The number of hydrogen-bond donors (Lipinski definition) is 2. The van der Waals surface area contributed by atoms with Gasteiger partial charge in [0.2, 0.25) is 0 Å². The molecule has 2 rings (SSSR count). The van der Waals surface area contributed by atoms with Crippen LogP contribution in [-0.4, -0.2) is 12.6 Å². The number of fused-ring (bicyclic) bond motifs is 1. The highest BCUT2D eigenvalue weighted by molar-refractivity contribution is 5.39. The van der Waals surface area contributed by atoms with Crippen molar-refractivity contribution in [1.29, 1.82) is 0 Å². The largest absolute Gasteiger partial charge is 0.253 e. The van der Waals surface area contributed by atoms with Crippen molar-refractivity contribution in [3.63, 3.8) is 0 Å². The van der Waals surface area contributed by atoms with Gasteiger partial charge >= 0.3 is 0 Å². The maximum absolute atomic E-state index is 12.6. The number of allylic oxidation sites excluding steroid dienone is 2. The van der Waals surface area contributed by atoms with Gasteiger partial charge in [-0.3, -0.25) is 5.43 Å². The molecule has 1 atom stereocenters. The minimum Gasteiger partial charge on any atom is -0.253 e. The molecule has 2 N–H and O–H groups in total. The predicted octanol–water partition coefficient (Wildman–Crippen LogP) is 0.812. The van der Waals surface area contributed by atoms with Crippen LogP contribution in [0.1, 0.15) is 0 Å². The molecule has 1 aliphatic carbocycles. The first-order chi connectivity index (χ1) is 5.36. The van der Waals surface area contributed by atoms with E-state index in [1.807, 2.05) is 6.08 Å². The highest BCUT2D eigenvalue weighted by atomic mass is 19.1. The molecule has 1 aliphatic heterocycles. The number of rotatable bonds is 0. The molecule has 11 heavy (non-hydrogen) atoms. The van der Waals surface area contributed by atoms with Gasteiger partial charge in [-0.1, -0.05) is 12.2 Å². The highest BCUT2D eigenvalue weighted by Gasteiger charge is 2.15. The Hall–Kier alpha value is -0.930. The van der Waals surface area contributed by atoms with Crippen molar-refractivity contribution in [2.45, 2.75) is 6.04 Å². The molecule has 58 valence electrons. The van der Waals surface area contributed by atoms with Crippen LogP contribution < -0.4 is 10.9 Å². The van der Waals surface area contributed by atoms with Crippen molar-refractivity contribution in [2.24, 2.45) is 0 Å². The van der Waals surface area contributed by atoms with Crippen molar-refractivity contribution in [3.8, 4) is 0 Å². The number of nitrogens with one attached hydrogen (secondary N) is 2. The van der Waals surface area contributed by atoms with Gasteiger partial charge < -0.3 is 0 Å². The summed E-state index contributed by atoms with van der Waals surface area (Å²) in [6.45, 7) is 0.753. The van der Waals surface area contributed by atoms with Crippen LogP contribution in [0.4, 0.5) is 4.39 Å². The molecule has 0 radical (unpaired) electrons. The first-order valence-electron chi connectivity index (χ1n) is 3.60. The molecular formula is C8H9FN2. The molecule has 0 aromatic rings. The summed E-state index contributed by atoms with van der Waals surface area (Å²) in [5, 5.41) is 0. The van der Waals surface area contributed by atoms with Gasteiger partial charge in [-0.25, -0.2) is 9.82 Å². The molecule has 0 saturated heterocycles. The SMILES string of the molecule is FC1=CC2=CCNNC2C=C1. The summed E-state index contributed by atoms with van der Waals surface area (Å²) in [5.41, 5.74) is 7.00. The summed E-state index contributed by atoms with van der Waals surface area (Å²) >= 11 is 0. The van der Waals surface area contributed by atoms with Crippen LogP contribution in [0.2, 0.25) is 0 Å². The second-order valence-corrected chi connectivity index (χ2v) is 2.60. The first kappa shape index (κ1) is 6.76. The maximum Gasteiger partial charge on any atom is 0.123 e. The maximum atomic E-state index is 12.6. The van der Waals surface area contributed by atoms with Gasteiger partial charge in [0.15, 0.2) is 0 Å². The van der Waals surface area contributed by atoms with E-state index in [-0.39, 0.29) is 11.9 Å². The summed E-state index contributed by atoms with van der Waals surface area (Å²) in [6, 6.07) is 0.142. The van der Waals surface area contributed by atoms with Gasteiger partial charge in [0, 0.05) is 6.54 Å². The predicted molar refractivity (Wildman–Crippen MR) is 41.3 cm³/mol. The van der Waals surface area contributed by atoms with E-state index in [2.05, 4.69) is 10.9 Å². The Morgan fingerprint density at radius 1 is 1.55 bits per heavy atom. The molecule has 0 aromatic carbocycles. The first-order valence-corrected chi connectivity index (χ1v) is 3.60. The lowest BCUT2D eigenvalue weighted by Gasteiger charge is -2.23. The standard InChI is InChI=1S/C8H9FN2/c9-7-1-2-8-6(5-7)3-4-10-11-8/h1-3,5,8,10-11H,4H2. The minimum atomic E-state index is -0.170. The number of hydrazine groups is 1. The van der Waals surface area contributed by atoms with Gasteiger partial charge in [-0.15, -0.1) is 0 Å². The summed E-state index contributed by atoms with van der Waals surface area (Å²) in [4.78, 5) is 0. The molecule has 1 unspecified atom stereocenters. The zero-order valence-corrected chi connectivity index (χ0v) is 5.97. The van der Waals surface area contributed by atoms with Gasteiger partial charge in [0.25, 0.3) is 0 Å². The van der Waals surface area contributed by atoms with E-state index in [4.69, 9.17) is 0 Å². The summed E-state index contributed by atoms with van der Waals surface area (Å²) in [6.07, 6.45) is 6.80. The van der Waals surface area contributed by atoms with E-state index in [0.29, 0.717) is 0 Å². The minimum absolute atomic E-state index is 0.142. The van der Waals surface area contributed by atoms with Crippen molar-refractivity contribution in [2.75, 3.05) is 6.54 Å². The van der Waals surface area contributed by atoms with Crippen LogP contribution in [0.25, 0.3) is 0 Å². The molecule has 0 bridgehead atoms. The third-order valence-electron chi connectivity index (χ3n) is 1.81. The molecule has 0 amide bonds. The van der Waals surface area contributed by atoms with Crippen LogP contribution in [0.3, 0.4) is 0 Å². The van der Waals surface area contributed by atoms with E-state index in [0.717, 1.165) is 12.1 Å². The van der Waals surface area contributed by atoms with Crippen LogP contribution in [-0.2, 0) is 0 Å². The molecule has 2 nitrogen and oxygen atoms in total.